The van der Waals surface area contributed by atoms with Gasteiger partial charge in [-0.1, -0.05) is 48.5 Å². The number of rotatable bonds is 7. The summed E-state index contributed by atoms with van der Waals surface area (Å²) in [5.41, 5.74) is 2.59. The molecule has 28 heavy (non-hydrogen) atoms. The van der Waals surface area contributed by atoms with Crippen LogP contribution in [0.4, 0.5) is 0 Å². The summed E-state index contributed by atoms with van der Waals surface area (Å²) in [6.45, 7) is 1.83. The molecule has 0 unspecified atom stereocenters. The van der Waals surface area contributed by atoms with Gasteiger partial charge < -0.3 is 15.2 Å². The second kappa shape index (κ2) is 8.32. The molecule has 0 saturated heterocycles. The first-order valence-corrected chi connectivity index (χ1v) is 9.71. The first kappa shape index (κ1) is 18.3. The number of nitrogens with one attached hydrogen (secondary N) is 1. The third kappa shape index (κ3) is 3.95. The fourth-order valence-electron chi connectivity index (χ4n) is 3.78. The standard InChI is InChI=1S/C25H25NO2/c1-28-23-11-9-19-5-3-7-21(25(19)17-23)13-15-26-14-12-20-6-2-4-18-8-10-22(27)16-24(18)20/h2-11,16-17,26-27H,12-15H2,1H3. The van der Waals surface area contributed by atoms with E-state index < -0.39 is 0 Å². The minimum absolute atomic E-state index is 0.319. The Hall–Kier alpha value is -3.04. The van der Waals surface area contributed by atoms with Gasteiger partial charge in [0.2, 0.25) is 0 Å². The van der Waals surface area contributed by atoms with Crippen LogP contribution in [0.1, 0.15) is 11.1 Å². The van der Waals surface area contributed by atoms with Gasteiger partial charge in [-0.3, -0.25) is 0 Å². The highest BCUT2D eigenvalue weighted by molar-refractivity contribution is 5.87. The minimum Gasteiger partial charge on any atom is -0.508 e. The molecule has 142 valence electrons. The van der Waals surface area contributed by atoms with E-state index in [1.165, 1.54) is 27.3 Å². The smallest absolute Gasteiger partial charge is 0.119 e. The Balaban J connectivity index is 1.38. The minimum atomic E-state index is 0.319. The monoisotopic (exact) mass is 371 g/mol. The summed E-state index contributed by atoms with van der Waals surface area (Å²) in [6, 6.07) is 24.6. The van der Waals surface area contributed by atoms with Crippen molar-refractivity contribution in [3.05, 3.63) is 83.9 Å². The Morgan fingerprint density at radius 3 is 2.00 bits per heavy atom. The number of phenols is 1. The lowest BCUT2D eigenvalue weighted by atomic mass is 10.0. The number of phenolic OH excluding ortho intramolecular Hbond substituents is 1. The Morgan fingerprint density at radius 1 is 0.750 bits per heavy atom. The molecule has 4 aromatic rings. The van der Waals surface area contributed by atoms with Crippen molar-refractivity contribution in [1.82, 2.24) is 5.32 Å². The predicted molar refractivity (Wildman–Crippen MR) is 116 cm³/mol. The van der Waals surface area contributed by atoms with Gasteiger partial charge in [-0.15, -0.1) is 0 Å². The number of fused-ring (bicyclic) bond motifs is 2. The fourth-order valence-corrected chi connectivity index (χ4v) is 3.78. The molecule has 0 heterocycles. The highest BCUT2D eigenvalue weighted by atomic mass is 16.5. The van der Waals surface area contributed by atoms with Crippen molar-refractivity contribution in [1.29, 1.82) is 0 Å². The van der Waals surface area contributed by atoms with E-state index >= 15 is 0 Å². The van der Waals surface area contributed by atoms with Gasteiger partial charge in [0.1, 0.15) is 11.5 Å². The molecule has 0 atom stereocenters. The van der Waals surface area contributed by atoms with Crippen molar-refractivity contribution in [3.8, 4) is 11.5 Å². The SMILES string of the molecule is COc1ccc2cccc(CCNCCc3cccc4ccc(O)cc34)c2c1. The number of benzene rings is 4. The van der Waals surface area contributed by atoms with Crippen LogP contribution in [0.25, 0.3) is 21.5 Å². The molecule has 3 heteroatoms. The van der Waals surface area contributed by atoms with Gasteiger partial charge in [0.05, 0.1) is 7.11 Å². The summed E-state index contributed by atoms with van der Waals surface area (Å²) in [4.78, 5) is 0. The molecule has 2 N–H and O–H groups in total. The van der Waals surface area contributed by atoms with Crippen molar-refractivity contribution in [2.24, 2.45) is 0 Å². The van der Waals surface area contributed by atoms with Crippen LogP contribution in [0, 0.1) is 0 Å². The van der Waals surface area contributed by atoms with Crippen LogP contribution >= 0.6 is 0 Å². The zero-order valence-electron chi connectivity index (χ0n) is 16.1. The van der Waals surface area contributed by atoms with Gasteiger partial charge in [0.25, 0.3) is 0 Å². The van der Waals surface area contributed by atoms with Gasteiger partial charge >= 0.3 is 0 Å². The molecule has 0 aliphatic carbocycles. The largest absolute Gasteiger partial charge is 0.508 e. The van der Waals surface area contributed by atoms with E-state index in [9.17, 15) is 5.11 Å². The van der Waals surface area contributed by atoms with Gasteiger partial charge in [0, 0.05) is 0 Å². The molecule has 0 aliphatic rings. The Morgan fingerprint density at radius 2 is 1.36 bits per heavy atom. The van der Waals surface area contributed by atoms with Crippen LogP contribution in [0.5, 0.6) is 11.5 Å². The average Bonchev–Trinajstić information content (AvgIpc) is 2.73. The molecule has 0 bridgehead atoms. The van der Waals surface area contributed by atoms with Crippen LogP contribution in [-0.4, -0.2) is 25.3 Å². The highest BCUT2D eigenvalue weighted by Crippen LogP contribution is 2.25. The summed E-state index contributed by atoms with van der Waals surface area (Å²) >= 11 is 0. The number of methoxy groups -OCH3 is 1. The van der Waals surface area contributed by atoms with E-state index in [1.54, 1.807) is 13.2 Å². The van der Waals surface area contributed by atoms with E-state index in [2.05, 4.69) is 53.8 Å². The lowest BCUT2D eigenvalue weighted by Crippen LogP contribution is -2.20. The molecular weight excluding hydrogens is 346 g/mol. The summed E-state index contributed by atoms with van der Waals surface area (Å²) in [6.07, 6.45) is 1.91. The first-order chi connectivity index (χ1) is 13.7. The number of ether oxygens (including phenoxy) is 1. The van der Waals surface area contributed by atoms with E-state index in [0.717, 1.165) is 37.1 Å². The topological polar surface area (TPSA) is 41.5 Å². The molecule has 4 rings (SSSR count). The normalized spacial score (nSPS) is 11.2. The molecule has 0 aliphatic heterocycles. The third-order valence-electron chi connectivity index (χ3n) is 5.28. The van der Waals surface area contributed by atoms with Crippen LogP contribution in [0.3, 0.4) is 0 Å². The molecule has 0 amide bonds. The molecule has 3 nitrogen and oxygen atoms in total. The quantitative estimate of drug-likeness (QED) is 0.445. The van der Waals surface area contributed by atoms with Crippen LogP contribution in [-0.2, 0) is 12.8 Å². The maximum atomic E-state index is 9.79. The predicted octanol–water partition coefficient (Wildman–Crippen LogP) is 5.08. The average molecular weight is 371 g/mol. The summed E-state index contributed by atoms with van der Waals surface area (Å²) in [7, 11) is 1.71. The lowest BCUT2D eigenvalue weighted by molar-refractivity contribution is 0.415. The van der Waals surface area contributed by atoms with E-state index in [4.69, 9.17) is 4.74 Å². The van der Waals surface area contributed by atoms with Gasteiger partial charge in [0.15, 0.2) is 0 Å². The number of hydrogen-bond donors (Lipinski definition) is 2. The highest BCUT2D eigenvalue weighted by Gasteiger charge is 2.04. The summed E-state index contributed by atoms with van der Waals surface area (Å²) in [5, 5.41) is 18.1. The second-order valence-corrected chi connectivity index (χ2v) is 7.08. The summed E-state index contributed by atoms with van der Waals surface area (Å²) in [5.74, 6) is 1.21. The maximum Gasteiger partial charge on any atom is 0.119 e. The molecule has 0 fully saturated rings. The number of hydrogen-bond acceptors (Lipinski definition) is 3. The van der Waals surface area contributed by atoms with Gasteiger partial charge in [-0.2, -0.15) is 0 Å². The first-order valence-electron chi connectivity index (χ1n) is 9.71. The van der Waals surface area contributed by atoms with Crippen LogP contribution in [0.2, 0.25) is 0 Å². The van der Waals surface area contributed by atoms with Crippen molar-refractivity contribution >= 4 is 21.5 Å². The third-order valence-corrected chi connectivity index (χ3v) is 5.28. The van der Waals surface area contributed by atoms with Gasteiger partial charge in [-0.25, -0.2) is 0 Å². The molecular formula is C25H25NO2. The van der Waals surface area contributed by atoms with Crippen molar-refractivity contribution < 1.29 is 9.84 Å². The van der Waals surface area contributed by atoms with E-state index in [0.29, 0.717) is 5.75 Å². The second-order valence-electron chi connectivity index (χ2n) is 7.08. The van der Waals surface area contributed by atoms with Crippen molar-refractivity contribution in [3.63, 3.8) is 0 Å². The Kier molecular flexibility index (Phi) is 5.45. The molecule has 0 aromatic heterocycles. The fraction of sp³-hybridized carbons (Fsp3) is 0.200. The van der Waals surface area contributed by atoms with Crippen molar-refractivity contribution in [2.75, 3.05) is 20.2 Å². The Labute approximate surface area is 165 Å². The maximum absolute atomic E-state index is 9.79. The zero-order chi connectivity index (χ0) is 19.3. The molecule has 0 saturated carbocycles. The molecule has 0 radical (unpaired) electrons. The summed E-state index contributed by atoms with van der Waals surface area (Å²) < 4.78 is 5.38. The van der Waals surface area contributed by atoms with Gasteiger partial charge in [-0.05, 0) is 82.9 Å². The lowest BCUT2D eigenvalue weighted by Gasteiger charge is -2.10. The van der Waals surface area contributed by atoms with Crippen LogP contribution < -0.4 is 10.1 Å². The van der Waals surface area contributed by atoms with E-state index in [1.807, 2.05) is 18.2 Å². The molecule has 0 spiro atoms. The molecule has 4 aromatic carbocycles. The Bertz CT molecular complexity index is 1100. The van der Waals surface area contributed by atoms with E-state index in [-0.39, 0.29) is 0 Å². The van der Waals surface area contributed by atoms with Crippen molar-refractivity contribution in [2.45, 2.75) is 12.8 Å². The number of aromatic hydroxyl groups is 1. The zero-order valence-corrected chi connectivity index (χ0v) is 16.1. The van der Waals surface area contributed by atoms with Crippen LogP contribution in [0.15, 0.2) is 72.8 Å².